The summed E-state index contributed by atoms with van der Waals surface area (Å²) >= 11 is 0. The lowest BCUT2D eigenvalue weighted by atomic mass is 9.92. The number of para-hydroxylation sites is 1. The van der Waals surface area contributed by atoms with Crippen LogP contribution in [0.3, 0.4) is 0 Å². The Hall–Kier alpha value is -2.86. The van der Waals surface area contributed by atoms with Gasteiger partial charge in [-0.15, -0.1) is 0 Å². The molecule has 0 aliphatic rings. The third-order valence-electron chi connectivity index (χ3n) is 4.84. The van der Waals surface area contributed by atoms with E-state index in [1.807, 2.05) is 26.0 Å². The van der Waals surface area contributed by atoms with E-state index in [1.54, 1.807) is 18.2 Å². The number of hydrogen-bond acceptors (Lipinski definition) is 4. The highest BCUT2D eigenvalue weighted by Crippen LogP contribution is 2.19. The number of amides is 1. The van der Waals surface area contributed by atoms with Crippen LogP contribution in [0, 0.1) is 6.92 Å². The van der Waals surface area contributed by atoms with Gasteiger partial charge in [0, 0.05) is 18.5 Å². The monoisotopic (exact) mass is 428 g/mol. The van der Waals surface area contributed by atoms with Gasteiger partial charge in [-0.05, 0) is 56.9 Å². The number of hydrogen-bond donors (Lipinski definition) is 4. The maximum absolute atomic E-state index is 11.7. The van der Waals surface area contributed by atoms with Gasteiger partial charge in [-0.25, -0.2) is 0 Å². The van der Waals surface area contributed by atoms with Crippen molar-refractivity contribution in [1.82, 2.24) is 5.32 Å². The average molecular weight is 429 g/mol. The number of rotatable bonds is 10. The number of benzene rings is 2. The third-order valence-corrected chi connectivity index (χ3v) is 4.84. The molecule has 0 bridgehead atoms. The summed E-state index contributed by atoms with van der Waals surface area (Å²) in [4.78, 5) is 22.0. The molecule has 0 saturated carbocycles. The lowest BCUT2D eigenvalue weighted by Crippen LogP contribution is -2.29. The highest BCUT2D eigenvalue weighted by Gasteiger charge is 2.15. The first kappa shape index (κ1) is 26.2. The minimum atomic E-state index is -0.750. The zero-order valence-corrected chi connectivity index (χ0v) is 18.9. The summed E-state index contributed by atoms with van der Waals surface area (Å²) in [7, 11) is 0. The molecule has 0 aliphatic carbocycles. The van der Waals surface area contributed by atoms with Crippen LogP contribution in [0.15, 0.2) is 48.5 Å². The number of carbonyl (C=O) groups is 2. The average Bonchev–Trinajstić information content (AvgIpc) is 2.70. The summed E-state index contributed by atoms with van der Waals surface area (Å²) in [5, 5.41) is 20.8. The number of carbonyl (C=O) groups excluding carboxylic acids is 1. The zero-order valence-electron chi connectivity index (χ0n) is 18.9. The molecule has 0 fully saturated rings. The molecule has 1 amide bonds. The smallest absolute Gasteiger partial charge is 0.303 e. The van der Waals surface area contributed by atoms with E-state index in [0.717, 1.165) is 25.7 Å². The molecular formula is C25H36N2O4. The quantitative estimate of drug-likeness (QED) is 0.408. The number of carboxylic acid groups (broad SMARTS) is 1. The standard InChI is InChI=1S/C15H21NO4.C10H15N/c17-13-9-6-5-8-12(13)15(20)16-11-7-3-1-2-4-10-14(18)19;1-8-6-4-5-7-9(8)10(2,3)11/h5-6,8-9,17H,1-4,7,10-11H2,(H,16,20)(H,18,19);4-7H,11H2,1-3H3. The van der Waals surface area contributed by atoms with Crippen LogP contribution in [0.25, 0.3) is 0 Å². The second-order valence-corrected chi connectivity index (χ2v) is 8.22. The molecule has 2 rings (SSSR count). The first-order chi connectivity index (χ1) is 14.6. The van der Waals surface area contributed by atoms with Gasteiger partial charge in [0.05, 0.1) is 5.56 Å². The number of unbranched alkanes of at least 4 members (excludes halogenated alkanes) is 4. The molecule has 31 heavy (non-hydrogen) atoms. The van der Waals surface area contributed by atoms with E-state index < -0.39 is 5.97 Å². The number of phenols is 1. The van der Waals surface area contributed by atoms with Crippen LogP contribution in [-0.2, 0) is 10.3 Å². The SMILES string of the molecule is Cc1ccccc1C(C)(C)N.O=C(O)CCCCCCCNC(=O)c1ccccc1O. The van der Waals surface area contributed by atoms with Crippen LogP contribution >= 0.6 is 0 Å². The molecule has 0 unspecified atom stereocenters. The lowest BCUT2D eigenvalue weighted by molar-refractivity contribution is -0.137. The highest BCUT2D eigenvalue weighted by molar-refractivity contribution is 5.96. The first-order valence-electron chi connectivity index (χ1n) is 10.8. The van der Waals surface area contributed by atoms with Crippen LogP contribution in [0.1, 0.15) is 73.9 Å². The van der Waals surface area contributed by atoms with Crippen LogP contribution in [-0.4, -0.2) is 28.6 Å². The normalized spacial score (nSPS) is 10.7. The van der Waals surface area contributed by atoms with Gasteiger partial charge in [0.1, 0.15) is 5.75 Å². The van der Waals surface area contributed by atoms with E-state index in [4.69, 9.17) is 10.8 Å². The second-order valence-electron chi connectivity index (χ2n) is 8.22. The summed E-state index contributed by atoms with van der Waals surface area (Å²) < 4.78 is 0. The number of phenolic OH excluding ortho intramolecular Hbond substituents is 1. The van der Waals surface area contributed by atoms with E-state index in [9.17, 15) is 14.7 Å². The fraction of sp³-hybridized carbons (Fsp3) is 0.440. The van der Waals surface area contributed by atoms with Crippen molar-refractivity contribution in [3.8, 4) is 5.75 Å². The molecule has 0 saturated heterocycles. The molecule has 5 N–H and O–H groups in total. The molecule has 6 heteroatoms. The summed E-state index contributed by atoms with van der Waals surface area (Å²) in [6.07, 6.45) is 4.62. The van der Waals surface area contributed by atoms with Crippen LogP contribution in [0.2, 0.25) is 0 Å². The van der Waals surface area contributed by atoms with Crippen molar-refractivity contribution in [1.29, 1.82) is 0 Å². The van der Waals surface area contributed by atoms with Crippen molar-refractivity contribution in [3.05, 3.63) is 65.2 Å². The molecule has 0 aliphatic heterocycles. The second kappa shape index (κ2) is 13.4. The Balaban J connectivity index is 0.000000367. The predicted octanol–water partition coefficient (Wildman–Crippen LogP) is 4.74. The van der Waals surface area contributed by atoms with E-state index in [2.05, 4.69) is 24.4 Å². The Morgan fingerprint density at radius 3 is 2.10 bits per heavy atom. The molecule has 170 valence electrons. The molecule has 0 radical (unpaired) electrons. The summed E-state index contributed by atoms with van der Waals surface area (Å²) in [6, 6.07) is 14.7. The van der Waals surface area contributed by atoms with Crippen LogP contribution in [0.4, 0.5) is 0 Å². The lowest BCUT2D eigenvalue weighted by Gasteiger charge is -2.21. The summed E-state index contributed by atoms with van der Waals surface area (Å²) in [5.74, 6) is -1.03. The predicted molar refractivity (Wildman–Crippen MR) is 124 cm³/mol. The Kier molecular flexibility index (Phi) is 11.4. The molecular weight excluding hydrogens is 392 g/mol. The molecule has 0 spiro atoms. The van der Waals surface area contributed by atoms with Crippen molar-refractivity contribution in [3.63, 3.8) is 0 Å². The Labute approximate surface area is 185 Å². The summed E-state index contributed by atoms with van der Waals surface area (Å²) in [5.41, 5.74) is 8.51. The van der Waals surface area contributed by atoms with Crippen LogP contribution in [0.5, 0.6) is 5.75 Å². The summed E-state index contributed by atoms with van der Waals surface area (Å²) in [6.45, 7) is 6.70. The van der Waals surface area contributed by atoms with E-state index >= 15 is 0 Å². The number of aromatic hydroxyl groups is 1. The van der Waals surface area contributed by atoms with Crippen molar-refractivity contribution in [2.75, 3.05) is 6.54 Å². The number of aryl methyl sites for hydroxylation is 1. The molecule has 2 aromatic carbocycles. The topological polar surface area (TPSA) is 113 Å². The van der Waals surface area contributed by atoms with Gasteiger partial charge in [0.2, 0.25) is 0 Å². The van der Waals surface area contributed by atoms with E-state index in [1.165, 1.54) is 17.2 Å². The molecule has 2 aromatic rings. The van der Waals surface area contributed by atoms with E-state index in [-0.39, 0.29) is 29.2 Å². The van der Waals surface area contributed by atoms with E-state index in [0.29, 0.717) is 13.0 Å². The molecule has 0 heterocycles. The largest absolute Gasteiger partial charge is 0.507 e. The van der Waals surface area contributed by atoms with Gasteiger partial charge in [-0.2, -0.15) is 0 Å². The van der Waals surface area contributed by atoms with Crippen molar-refractivity contribution in [2.24, 2.45) is 5.73 Å². The Morgan fingerprint density at radius 2 is 1.52 bits per heavy atom. The highest BCUT2D eigenvalue weighted by atomic mass is 16.4. The van der Waals surface area contributed by atoms with Crippen LogP contribution < -0.4 is 11.1 Å². The Bertz CT molecular complexity index is 828. The third kappa shape index (κ3) is 10.6. The van der Waals surface area contributed by atoms with Gasteiger partial charge in [-0.3, -0.25) is 9.59 Å². The number of nitrogens with one attached hydrogen (secondary N) is 1. The van der Waals surface area contributed by atoms with Crippen molar-refractivity contribution < 1.29 is 19.8 Å². The Morgan fingerprint density at radius 1 is 0.935 bits per heavy atom. The minimum absolute atomic E-state index is 0.0151. The van der Waals surface area contributed by atoms with Crippen molar-refractivity contribution in [2.45, 2.75) is 64.8 Å². The fourth-order valence-corrected chi connectivity index (χ4v) is 3.19. The van der Waals surface area contributed by atoms with Gasteiger partial charge in [0.15, 0.2) is 0 Å². The maximum Gasteiger partial charge on any atom is 0.303 e. The number of nitrogens with two attached hydrogens (primary N) is 1. The van der Waals surface area contributed by atoms with Crippen molar-refractivity contribution >= 4 is 11.9 Å². The maximum atomic E-state index is 11.7. The number of aliphatic carboxylic acids is 1. The molecule has 0 aromatic heterocycles. The molecule has 0 atom stereocenters. The van der Waals surface area contributed by atoms with Gasteiger partial charge in [0.25, 0.3) is 5.91 Å². The first-order valence-corrected chi connectivity index (χ1v) is 10.8. The van der Waals surface area contributed by atoms with Gasteiger partial charge in [-0.1, -0.05) is 55.7 Å². The zero-order chi connectivity index (χ0) is 23.3. The minimum Gasteiger partial charge on any atom is -0.507 e. The molecule has 6 nitrogen and oxygen atoms in total. The fourth-order valence-electron chi connectivity index (χ4n) is 3.19. The van der Waals surface area contributed by atoms with Gasteiger partial charge >= 0.3 is 5.97 Å². The van der Waals surface area contributed by atoms with Gasteiger partial charge < -0.3 is 21.3 Å². The number of carboxylic acids is 1.